The van der Waals surface area contributed by atoms with Gasteiger partial charge in [0.25, 0.3) is 5.91 Å². The van der Waals surface area contributed by atoms with Crippen molar-refractivity contribution in [3.63, 3.8) is 0 Å². The summed E-state index contributed by atoms with van der Waals surface area (Å²) in [5.41, 5.74) is 0.0122. The Bertz CT molecular complexity index is 1280. The summed E-state index contributed by atoms with van der Waals surface area (Å²) >= 11 is 0. The van der Waals surface area contributed by atoms with Crippen LogP contribution < -0.4 is 10.1 Å². The number of carboxylic acid groups (broad SMARTS) is 1. The first-order chi connectivity index (χ1) is 16.2. The number of nitrogens with one attached hydrogen (secondary N) is 1. The molecule has 0 saturated heterocycles. The molecule has 0 aliphatic carbocycles. The molecule has 0 spiro atoms. The summed E-state index contributed by atoms with van der Waals surface area (Å²) in [7, 11) is 0. The maximum absolute atomic E-state index is 12.8. The number of hydrogen-bond acceptors (Lipinski definition) is 4. The molecular weight excluding hydrogens is 449 g/mol. The van der Waals surface area contributed by atoms with E-state index in [1.807, 2.05) is 0 Å². The minimum Gasteiger partial charge on any atom is -0.489 e. The molecule has 34 heavy (non-hydrogen) atoms. The largest absolute Gasteiger partial charge is 0.489 e. The number of amides is 1. The summed E-state index contributed by atoms with van der Waals surface area (Å²) in [4.78, 5) is 23.4. The van der Waals surface area contributed by atoms with Gasteiger partial charge in [0.05, 0.1) is 11.1 Å². The average Bonchev–Trinajstić information content (AvgIpc) is 2.81. The number of anilines is 1. The molecular formula is C25H17F3N2O4. The molecule has 3 rings (SSSR count). The van der Waals surface area contributed by atoms with Crippen molar-refractivity contribution >= 4 is 23.6 Å². The number of ether oxygens (including phenoxy) is 1. The van der Waals surface area contributed by atoms with Crippen LogP contribution in [0.5, 0.6) is 5.75 Å². The van der Waals surface area contributed by atoms with Crippen molar-refractivity contribution in [3.05, 3.63) is 101 Å². The molecule has 3 aromatic carbocycles. The zero-order valence-corrected chi connectivity index (χ0v) is 17.5. The highest BCUT2D eigenvalue weighted by Crippen LogP contribution is 2.30. The summed E-state index contributed by atoms with van der Waals surface area (Å²) < 4.78 is 44.2. The number of carboxylic acids is 1. The Morgan fingerprint density at radius 2 is 1.74 bits per heavy atom. The van der Waals surface area contributed by atoms with Gasteiger partial charge in [-0.2, -0.15) is 18.4 Å². The van der Waals surface area contributed by atoms with Crippen molar-refractivity contribution in [1.29, 1.82) is 5.26 Å². The van der Waals surface area contributed by atoms with Crippen molar-refractivity contribution in [2.45, 2.75) is 12.8 Å². The summed E-state index contributed by atoms with van der Waals surface area (Å²) in [6.45, 7) is 0.138. The minimum atomic E-state index is -4.56. The van der Waals surface area contributed by atoms with Crippen LogP contribution in [-0.2, 0) is 17.6 Å². The Hall–Kier alpha value is -4.58. The zero-order chi connectivity index (χ0) is 24.7. The van der Waals surface area contributed by atoms with Crippen molar-refractivity contribution in [3.8, 4) is 11.8 Å². The lowest BCUT2D eigenvalue weighted by molar-refractivity contribution is -0.137. The summed E-state index contributed by atoms with van der Waals surface area (Å²) in [6, 6.07) is 18.6. The molecule has 1 amide bonds. The third kappa shape index (κ3) is 6.46. The molecule has 2 N–H and O–H groups in total. The summed E-state index contributed by atoms with van der Waals surface area (Å²) in [5.74, 6) is -1.41. The fourth-order valence-electron chi connectivity index (χ4n) is 2.91. The molecule has 3 aromatic rings. The third-order valence-corrected chi connectivity index (χ3v) is 4.58. The predicted molar refractivity (Wildman–Crippen MR) is 118 cm³/mol. The van der Waals surface area contributed by atoms with E-state index < -0.39 is 23.6 Å². The van der Waals surface area contributed by atoms with Crippen LogP contribution in [0.2, 0.25) is 0 Å². The molecule has 0 bridgehead atoms. The van der Waals surface area contributed by atoms with Crippen LogP contribution in [0.3, 0.4) is 0 Å². The molecule has 9 heteroatoms. The zero-order valence-electron chi connectivity index (χ0n) is 17.5. The molecule has 0 atom stereocenters. The maximum atomic E-state index is 12.8. The lowest BCUT2D eigenvalue weighted by atomic mass is 10.1. The van der Waals surface area contributed by atoms with Gasteiger partial charge < -0.3 is 15.2 Å². The summed E-state index contributed by atoms with van der Waals surface area (Å²) in [5, 5.41) is 20.7. The Morgan fingerprint density at radius 3 is 2.38 bits per heavy atom. The quantitative estimate of drug-likeness (QED) is 0.352. The molecule has 0 aliphatic heterocycles. The monoisotopic (exact) mass is 466 g/mol. The van der Waals surface area contributed by atoms with E-state index >= 15 is 0 Å². The Morgan fingerprint density at radius 1 is 1.03 bits per heavy atom. The molecule has 0 aromatic heterocycles. The number of nitriles is 1. The average molecular weight is 466 g/mol. The number of rotatable bonds is 7. The van der Waals surface area contributed by atoms with Gasteiger partial charge in [-0.3, -0.25) is 4.79 Å². The highest BCUT2D eigenvalue weighted by Gasteiger charge is 2.30. The fraction of sp³-hybridized carbons (Fsp3) is 0.0800. The normalized spacial score (nSPS) is 11.4. The second-order valence-electron chi connectivity index (χ2n) is 7.07. The van der Waals surface area contributed by atoms with Gasteiger partial charge in [-0.05, 0) is 59.7 Å². The lowest BCUT2D eigenvalue weighted by Crippen LogP contribution is -2.14. The number of halogens is 3. The van der Waals surface area contributed by atoms with Crippen LogP contribution in [-0.4, -0.2) is 17.0 Å². The Labute approximate surface area is 192 Å². The molecule has 172 valence electrons. The smallest absolute Gasteiger partial charge is 0.416 e. The summed E-state index contributed by atoms with van der Waals surface area (Å²) in [6.07, 6.45) is -3.26. The SMILES string of the molecule is N#C/C(=C/c1ccc(OCc2cccc(C(=O)O)c2)cc1)C(=O)Nc1cccc(C(F)(F)F)c1. The van der Waals surface area contributed by atoms with Crippen LogP contribution in [0, 0.1) is 11.3 Å². The van der Waals surface area contributed by atoms with E-state index in [0.717, 1.165) is 18.2 Å². The van der Waals surface area contributed by atoms with E-state index in [-0.39, 0.29) is 23.4 Å². The van der Waals surface area contributed by atoms with Gasteiger partial charge in [0, 0.05) is 5.69 Å². The van der Waals surface area contributed by atoms with Gasteiger partial charge in [-0.15, -0.1) is 0 Å². The van der Waals surface area contributed by atoms with E-state index in [4.69, 9.17) is 9.84 Å². The predicted octanol–water partition coefficient (Wildman–Crippen LogP) is 5.53. The van der Waals surface area contributed by atoms with Crippen molar-refractivity contribution < 1.29 is 32.6 Å². The Balaban J connectivity index is 1.66. The molecule has 0 saturated carbocycles. The fourth-order valence-corrected chi connectivity index (χ4v) is 2.91. The van der Waals surface area contributed by atoms with Crippen LogP contribution in [0.25, 0.3) is 6.08 Å². The maximum Gasteiger partial charge on any atom is 0.416 e. The van der Waals surface area contributed by atoms with Gasteiger partial charge in [0.15, 0.2) is 0 Å². The van der Waals surface area contributed by atoms with E-state index in [2.05, 4.69) is 5.32 Å². The molecule has 0 radical (unpaired) electrons. The van der Waals surface area contributed by atoms with Crippen LogP contribution >= 0.6 is 0 Å². The minimum absolute atomic E-state index is 0.0864. The van der Waals surface area contributed by atoms with Crippen molar-refractivity contribution in [2.75, 3.05) is 5.32 Å². The first-order valence-electron chi connectivity index (χ1n) is 9.81. The lowest BCUT2D eigenvalue weighted by Gasteiger charge is -2.09. The van der Waals surface area contributed by atoms with Gasteiger partial charge >= 0.3 is 12.1 Å². The van der Waals surface area contributed by atoms with Crippen LogP contribution in [0.15, 0.2) is 78.4 Å². The van der Waals surface area contributed by atoms with E-state index in [0.29, 0.717) is 16.9 Å². The van der Waals surface area contributed by atoms with E-state index in [1.165, 1.54) is 24.3 Å². The van der Waals surface area contributed by atoms with Gasteiger partial charge in [-0.25, -0.2) is 4.79 Å². The number of carbonyl (C=O) groups is 2. The number of nitrogens with zero attached hydrogens (tertiary/aromatic N) is 1. The number of benzene rings is 3. The number of alkyl halides is 3. The van der Waals surface area contributed by atoms with Crippen LogP contribution in [0.4, 0.5) is 18.9 Å². The molecule has 0 unspecified atom stereocenters. The van der Waals surface area contributed by atoms with Gasteiger partial charge in [-0.1, -0.05) is 30.3 Å². The molecule has 0 aliphatic rings. The number of carbonyl (C=O) groups excluding carboxylic acids is 1. The van der Waals surface area contributed by atoms with Crippen molar-refractivity contribution in [1.82, 2.24) is 0 Å². The molecule has 0 heterocycles. The van der Waals surface area contributed by atoms with Gasteiger partial charge in [0.1, 0.15) is 24.0 Å². The highest BCUT2D eigenvalue weighted by atomic mass is 19.4. The molecule has 6 nitrogen and oxygen atoms in total. The van der Waals surface area contributed by atoms with Crippen LogP contribution in [0.1, 0.15) is 27.0 Å². The highest BCUT2D eigenvalue weighted by molar-refractivity contribution is 6.09. The first-order valence-corrected chi connectivity index (χ1v) is 9.81. The van der Waals surface area contributed by atoms with E-state index in [9.17, 15) is 28.0 Å². The van der Waals surface area contributed by atoms with Gasteiger partial charge in [0.2, 0.25) is 0 Å². The van der Waals surface area contributed by atoms with E-state index in [1.54, 1.807) is 42.5 Å². The second-order valence-corrected chi connectivity index (χ2v) is 7.07. The second kappa shape index (κ2) is 10.4. The molecule has 0 fully saturated rings. The topological polar surface area (TPSA) is 99.4 Å². The Kier molecular flexibility index (Phi) is 7.33. The first kappa shape index (κ1) is 24.1. The third-order valence-electron chi connectivity index (χ3n) is 4.58. The standard InChI is InChI=1S/C25H17F3N2O4/c26-25(27,28)20-5-2-6-21(13-20)30-23(31)19(14-29)11-16-7-9-22(10-8-16)34-15-17-3-1-4-18(12-17)24(32)33/h1-13H,15H2,(H,30,31)(H,32,33)/b19-11-. The van der Waals surface area contributed by atoms with Crippen molar-refractivity contribution in [2.24, 2.45) is 0 Å². The number of hydrogen-bond donors (Lipinski definition) is 2. The number of aromatic carboxylic acids is 1.